The van der Waals surface area contributed by atoms with Crippen LogP contribution < -0.4 is 10.6 Å². The van der Waals surface area contributed by atoms with Crippen LogP contribution in [0, 0.1) is 6.92 Å². The van der Waals surface area contributed by atoms with Crippen molar-refractivity contribution in [3.05, 3.63) is 41.6 Å². The maximum absolute atomic E-state index is 10.8. The predicted octanol–water partition coefficient (Wildman–Crippen LogP) is 2.92. The molecule has 0 bridgehead atoms. The molecule has 5 heteroatoms. The number of carbonyl (C=O) groups excluding carboxylic acids is 1. The summed E-state index contributed by atoms with van der Waals surface area (Å²) in [6.45, 7) is 1.99. The normalized spacial score (nSPS) is 13.8. The van der Waals surface area contributed by atoms with E-state index in [0.29, 0.717) is 17.6 Å². The average molecular weight is 268 g/mol. The van der Waals surface area contributed by atoms with Crippen LogP contribution >= 0.6 is 0 Å². The van der Waals surface area contributed by atoms with Crippen LogP contribution in [-0.2, 0) is 0 Å². The second kappa shape index (κ2) is 5.28. The van der Waals surface area contributed by atoms with Gasteiger partial charge in [-0.05, 0) is 31.9 Å². The Morgan fingerprint density at radius 1 is 1.35 bits per heavy atom. The molecule has 0 radical (unpaired) electrons. The number of hydrogen-bond acceptors (Lipinski definition) is 5. The van der Waals surface area contributed by atoms with Gasteiger partial charge in [0.25, 0.3) is 0 Å². The number of anilines is 3. The van der Waals surface area contributed by atoms with Crippen LogP contribution in [0.25, 0.3) is 0 Å². The summed E-state index contributed by atoms with van der Waals surface area (Å²) in [5.74, 6) is 1.40. The first-order valence-corrected chi connectivity index (χ1v) is 6.67. The number of nitrogens with zero attached hydrogens (tertiary/aromatic N) is 2. The standard InChI is InChI=1S/C15H16N4O/c1-10-8-16-15(19-14(10)17-12-5-6-12)18-13-4-2-3-11(7-13)9-20/h2-4,7-9,12H,5-6H2,1H3,(H2,16,17,18,19). The molecule has 102 valence electrons. The Hall–Kier alpha value is -2.43. The minimum atomic E-state index is 0.529. The molecule has 1 aliphatic rings. The van der Waals surface area contributed by atoms with Gasteiger partial charge in [-0.2, -0.15) is 4.98 Å². The summed E-state index contributed by atoms with van der Waals surface area (Å²) in [7, 11) is 0. The van der Waals surface area contributed by atoms with Gasteiger partial charge in [0, 0.05) is 29.1 Å². The highest BCUT2D eigenvalue weighted by Crippen LogP contribution is 2.26. The molecule has 0 aliphatic heterocycles. The van der Waals surface area contributed by atoms with E-state index in [4.69, 9.17) is 0 Å². The van der Waals surface area contributed by atoms with Crippen LogP contribution in [0.3, 0.4) is 0 Å². The SMILES string of the molecule is Cc1cnc(Nc2cccc(C=O)c2)nc1NC1CC1. The Balaban J connectivity index is 1.80. The van der Waals surface area contributed by atoms with E-state index in [1.807, 2.05) is 19.1 Å². The van der Waals surface area contributed by atoms with E-state index in [2.05, 4.69) is 20.6 Å². The maximum Gasteiger partial charge on any atom is 0.229 e. The van der Waals surface area contributed by atoms with E-state index >= 15 is 0 Å². The minimum absolute atomic E-state index is 0.529. The number of benzene rings is 1. The van der Waals surface area contributed by atoms with Gasteiger partial charge in [0.1, 0.15) is 12.1 Å². The van der Waals surface area contributed by atoms with Crippen LogP contribution in [0.15, 0.2) is 30.5 Å². The van der Waals surface area contributed by atoms with Gasteiger partial charge >= 0.3 is 0 Å². The molecular formula is C15H16N4O. The van der Waals surface area contributed by atoms with Gasteiger partial charge in [0.05, 0.1) is 0 Å². The summed E-state index contributed by atoms with van der Waals surface area (Å²) in [4.78, 5) is 19.5. The van der Waals surface area contributed by atoms with Gasteiger partial charge in [0.2, 0.25) is 5.95 Å². The van der Waals surface area contributed by atoms with Gasteiger partial charge in [-0.3, -0.25) is 4.79 Å². The number of aldehydes is 1. The first kappa shape index (κ1) is 12.6. The molecule has 2 aromatic rings. The molecule has 1 aromatic carbocycles. The molecule has 5 nitrogen and oxygen atoms in total. The van der Waals surface area contributed by atoms with Crippen molar-refractivity contribution in [2.45, 2.75) is 25.8 Å². The largest absolute Gasteiger partial charge is 0.367 e. The molecule has 0 spiro atoms. The molecule has 1 fully saturated rings. The number of nitrogens with one attached hydrogen (secondary N) is 2. The third-order valence-electron chi connectivity index (χ3n) is 3.17. The van der Waals surface area contributed by atoms with E-state index < -0.39 is 0 Å². The third kappa shape index (κ3) is 2.93. The van der Waals surface area contributed by atoms with Crippen LogP contribution in [-0.4, -0.2) is 22.3 Å². The van der Waals surface area contributed by atoms with Crippen molar-refractivity contribution in [2.24, 2.45) is 0 Å². The summed E-state index contributed by atoms with van der Waals surface area (Å²) < 4.78 is 0. The highest BCUT2D eigenvalue weighted by molar-refractivity contribution is 5.77. The lowest BCUT2D eigenvalue weighted by Crippen LogP contribution is -2.07. The van der Waals surface area contributed by atoms with E-state index in [9.17, 15) is 4.79 Å². The predicted molar refractivity (Wildman–Crippen MR) is 78.5 cm³/mol. The Morgan fingerprint density at radius 2 is 2.20 bits per heavy atom. The highest BCUT2D eigenvalue weighted by Gasteiger charge is 2.22. The monoisotopic (exact) mass is 268 g/mol. The molecule has 20 heavy (non-hydrogen) atoms. The molecule has 0 saturated heterocycles. The van der Waals surface area contributed by atoms with E-state index in [-0.39, 0.29) is 0 Å². The molecule has 1 aromatic heterocycles. The topological polar surface area (TPSA) is 66.9 Å². The van der Waals surface area contributed by atoms with Crippen molar-refractivity contribution in [1.82, 2.24) is 9.97 Å². The van der Waals surface area contributed by atoms with Gasteiger partial charge in [-0.15, -0.1) is 0 Å². The molecule has 1 heterocycles. The average Bonchev–Trinajstić information content (AvgIpc) is 3.27. The molecule has 2 N–H and O–H groups in total. The van der Waals surface area contributed by atoms with Crippen molar-refractivity contribution < 1.29 is 4.79 Å². The number of aromatic nitrogens is 2. The van der Waals surface area contributed by atoms with Crippen LogP contribution in [0.2, 0.25) is 0 Å². The zero-order chi connectivity index (χ0) is 13.9. The van der Waals surface area contributed by atoms with Gasteiger partial charge < -0.3 is 10.6 Å². The second-order valence-corrected chi connectivity index (χ2v) is 5.01. The molecule has 0 unspecified atom stereocenters. The number of aryl methyl sites for hydroxylation is 1. The lowest BCUT2D eigenvalue weighted by atomic mass is 10.2. The summed E-state index contributed by atoms with van der Waals surface area (Å²) in [5, 5.41) is 6.50. The van der Waals surface area contributed by atoms with Crippen molar-refractivity contribution in [2.75, 3.05) is 10.6 Å². The fourth-order valence-electron chi connectivity index (χ4n) is 1.89. The number of rotatable bonds is 5. The molecule has 0 amide bonds. The number of hydrogen-bond donors (Lipinski definition) is 2. The van der Waals surface area contributed by atoms with Gasteiger partial charge in [-0.25, -0.2) is 4.98 Å². The fourth-order valence-corrected chi connectivity index (χ4v) is 1.89. The molecule has 0 atom stereocenters. The zero-order valence-corrected chi connectivity index (χ0v) is 11.3. The van der Waals surface area contributed by atoms with Gasteiger partial charge in [-0.1, -0.05) is 12.1 Å². The fraction of sp³-hybridized carbons (Fsp3) is 0.267. The molecular weight excluding hydrogens is 252 g/mol. The van der Waals surface area contributed by atoms with E-state index in [1.165, 1.54) is 12.8 Å². The van der Waals surface area contributed by atoms with Crippen molar-refractivity contribution >= 4 is 23.7 Å². The Morgan fingerprint density at radius 3 is 2.95 bits per heavy atom. The quantitative estimate of drug-likeness (QED) is 0.816. The first-order valence-electron chi connectivity index (χ1n) is 6.67. The number of carbonyl (C=O) groups is 1. The van der Waals surface area contributed by atoms with Crippen LogP contribution in [0.4, 0.5) is 17.5 Å². The summed E-state index contributed by atoms with van der Waals surface area (Å²) in [6.07, 6.45) is 5.02. The van der Waals surface area contributed by atoms with Crippen LogP contribution in [0.1, 0.15) is 28.8 Å². The zero-order valence-electron chi connectivity index (χ0n) is 11.3. The summed E-state index contributed by atoms with van der Waals surface area (Å²) in [5.41, 5.74) is 2.46. The van der Waals surface area contributed by atoms with Crippen molar-refractivity contribution in [3.63, 3.8) is 0 Å². The molecule has 1 saturated carbocycles. The summed E-state index contributed by atoms with van der Waals surface area (Å²) >= 11 is 0. The Labute approximate surface area is 117 Å². The maximum atomic E-state index is 10.8. The van der Waals surface area contributed by atoms with Crippen molar-refractivity contribution in [3.8, 4) is 0 Å². The smallest absolute Gasteiger partial charge is 0.229 e. The minimum Gasteiger partial charge on any atom is -0.367 e. The highest BCUT2D eigenvalue weighted by atomic mass is 16.1. The van der Waals surface area contributed by atoms with Crippen LogP contribution in [0.5, 0.6) is 0 Å². The summed E-state index contributed by atoms with van der Waals surface area (Å²) in [6, 6.07) is 7.78. The first-order chi connectivity index (χ1) is 9.74. The van der Waals surface area contributed by atoms with E-state index in [0.717, 1.165) is 23.4 Å². The van der Waals surface area contributed by atoms with Crippen molar-refractivity contribution in [1.29, 1.82) is 0 Å². The van der Waals surface area contributed by atoms with Gasteiger partial charge in [0.15, 0.2) is 0 Å². The second-order valence-electron chi connectivity index (χ2n) is 5.01. The molecule has 3 rings (SSSR count). The lowest BCUT2D eigenvalue weighted by Gasteiger charge is -2.10. The Kier molecular flexibility index (Phi) is 3.33. The third-order valence-corrected chi connectivity index (χ3v) is 3.17. The Bertz CT molecular complexity index is 638. The lowest BCUT2D eigenvalue weighted by molar-refractivity contribution is 0.112. The molecule has 1 aliphatic carbocycles. The van der Waals surface area contributed by atoms with E-state index in [1.54, 1.807) is 18.3 Å².